The summed E-state index contributed by atoms with van der Waals surface area (Å²) in [5.74, 6) is -5.56. The van der Waals surface area contributed by atoms with Gasteiger partial charge in [0.2, 0.25) is 11.7 Å². The topological polar surface area (TPSA) is 187 Å². The average Bonchev–Trinajstić information content (AvgIpc) is 2.80. The van der Waals surface area contributed by atoms with E-state index in [9.17, 15) is 58.7 Å². The molecule has 8 N–H and O–H groups in total. The first-order chi connectivity index (χ1) is 18.2. The third-order valence-electron chi connectivity index (χ3n) is 3.03. The van der Waals surface area contributed by atoms with Crippen LogP contribution < -0.4 is 17.2 Å². The molecule has 1 radical (unpaired) electrons. The first-order valence-corrected chi connectivity index (χ1v) is 21.1. The minimum absolute atomic E-state index is 0. The number of halogens is 16. The van der Waals surface area contributed by atoms with Crippen LogP contribution in [-0.2, 0) is 37.7 Å². The predicted octanol–water partition coefficient (Wildman–Crippen LogP) is 9.12. The smallest absolute Gasteiger partial charge is 0.389 e. The zero-order valence-electron chi connectivity index (χ0n) is 21.0. The first kappa shape index (κ1) is 73.1. The molecule has 0 saturated carbocycles. The zero-order valence-corrected chi connectivity index (χ0v) is 36.1. The van der Waals surface area contributed by atoms with E-state index in [2.05, 4.69) is 116 Å². The van der Waals surface area contributed by atoms with Gasteiger partial charge in [-0.2, -0.15) is 39.5 Å². The molecule has 0 aliphatic carbocycles. The van der Waals surface area contributed by atoms with Crippen molar-refractivity contribution in [1.29, 1.82) is 0 Å². The summed E-state index contributed by atoms with van der Waals surface area (Å²) in [6.45, 7) is 0. The van der Waals surface area contributed by atoms with Gasteiger partial charge in [0.1, 0.15) is 5.98 Å². The maximum atomic E-state index is 11.5. The van der Waals surface area contributed by atoms with Crippen LogP contribution in [0.5, 0.6) is 0 Å². The van der Waals surface area contributed by atoms with E-state index < -0.39 is 92.8 Å². The van der Waals surface area contributed by atoms with Crippen molar-refractivity contribution in [2.24, 2.45) is 17.2 Å². The Bertz CT molecular complexity index is 684. The van der Waals surface area contributed by atoms with Gasteiger partial charge in [0, 0.05) is 75.0 Å². The summed E-state index contributed by atoms with van der Waals surface area (Å²) in [7, 11) is 0. The number of rotatable bonds is 9. The maximum absolute atomic E-state index is 11.5. The van der Waals surface area contributed by atoms with Crippen molar-refractivity contribution in [2.45, 2.75) is 83.9 Å². The summed E-state index contributed by atoms with van der Waals surface area (Å²) in [6.07, 6.45) is -18.7. The van der Waals surface area contributed by atoms with Crippen molar-refractivity contribution < 1.29 is 87.5 Å². The van der Waals surface area contributed by atoms with Gasteiger partial charge in [-0.1, -0.05) is 82.6 Å². The minimum Gasteiger partial charge on any atom is -0.480 e. The monoisotopic (exact) mass is 1420 g/mol. The quantitative estimate of drug-likeness (QED) is 0.0497. The number of alkyl halides is 12. The van der Waals surface area contributed by atoms with E-state index in [0.29, 0.717) is 0 Å². The molecule has 0 aliphatic rings. The third-order valence-corrected chi connectivity index (χ3v) is 3.03. The summed E-state index contributed by atoms with van der Waals surface area (Å²) in [4.78, 5) is 43.1. The predicted molar refractivity (Wildman–Crippen MR) is 205 cm³/mol. The second kappa shape index (κ2) is 42.8. The third kappa shape index (κ3) is 87.2. The number of hydrogen-bond acceptors (Lipinski definition) is 6. The summed E-state index contributed by atoms with van der Waals surface area (Å²) in [6, 6.07) is -2.62. The summed E-state index contributed by atoms with van der Waals surface area (Å²) in [5.41, 5.74) is 14.4. The molecule has 0 rings (SSSR count). The Balaban J connectivity index is -0.0000000438. The molecule has 0 aliphatic heterocycles. The van der Waals surface area contributed by atoms with Crippen molar-refractivity contribution in [3.63, 3.8) is 0 Å². The largest absolute Gasteiger partial charge is 0.480 e. The van der Waals surface area contributed by atoms with Gasteiger partial charge < -0.3 is 50.0 Å². The molecule has 9 nitrogen and oxygen atoms in total. The average molecular weight is 1420 g/mol. The van der Waals surface area contributed by atoms with Crippen LogP contribution in [0, 0.1) is 4.93 Å². The normalized spacial score (nSPS) is 10.9. The van der Waals surface area contributed by atoms with E-state index in [-0.39, 0.29) is 45.8 Å². The molecule has 0 bridgehead atoms. The molecule has 45 heavy (non-hydrogen) atoms. The van der Waals surface area contributed by atoms with E-state index >= 15 is 0 Å². The molecule has 0 aromatic rings. The van der Waals surface area contributed by atoms with E-state index in [1.807, 2.05) is 22.6 Å². The maximum Gasteiger partial charge on any atom is 0.389 e. The molecule has 0 saturated heterocycles. The Kier molecular flexibility index (Phi) is 69.5. The van der Waals surface area contributed by atoms with Crippen LogP contribution in [0.1, 0.15) is 53.4 Å². The van der Waals surface area contributed by atoms with Crippen LogP contribution in [0.4, 0.5) is 39.5 Å². The fourth-order valence-corrected chi connectivity index (χ4v) is 1.27. The van der Waals surface area contributed by atoms with Gasteiger partial charge in [-0.05, 0) is 12.8 Å². The van der Waals surface area contributed by atoms with Gasteiger partial charge in [0.25, 0.3) is 0 Å². The molecule has 26 heteroatoms. The second-order valence-corrected chi connectivity index (χ2v) is 17.2. The van der Waals surface area contributed by atoms with E-state index in [0.717, 1.165) is -0.0619 Å². The molecular formula is C19H34ClF9I6N3O6V-. The number of Topliss-reactive ketones (excluding diaryl/α,β-unsaturated/α-hetero) is 1. The van der Waals surface area contributed by atoms with Crippen molar-refractivity contribution in [2.75, 3.05) is 0 Å². The number of nitrogens with two attached hydrogens (primary N) is 3. The minimum atomic E-state index is -4.47. The summed E-state index contributed by atoms with van der Waals surface area (Å²) < 4.78 is 103. The van der Waals surface area contributed by atoms with Crippen molar-refractivity contribution in [3.8, 4) is 0 Å². The number of carbonyl (C=O) groups excluding carboxylic acids is 2. The number of carboxylic acids is 2. The van der Waals surface area contributed by atoms with Gasteiger partial charge in [-0.3, -0.25) is 19.3 Å². The van der Waals surface area contributed by atoms with Crippen molar-refractivity contribution in [3.05, 3.63) is 4.93 Å². The number of primary amides is 1. The Hall–Kier alpha value is 2.62. The van der Waals surface area contributed by atoms with Gasteiger partial charge in [0.05, 0.1) is 12.5 Å². The number of amides is 1. The van der Waals surface area contributed by atoms with Crippen LogP contribution in [-0.4, -0.2) is 64.4 Å². The van der Waals surface area contributed by atoms with Crippen LogP contribution >= 0.6 is 140 Å². The molecule has 0 fully saturated rings. The molecule has 0 spiro atoms. The fourth-order valence-electron chi connectivity index (χ4n) is 1.27. The van der Waals surface area contributed by atoms with Crippen molar-refractivity contribution in [1.82, 2.24) is 0 Å². The van der Waals surface area contributed by atoms with Crippen LogP contribution in [0.15, 0.2) is 0 Å². The molecule has 0 heterocycles. The first-order valence-electron chi connectivity index (χ1n) is 9.54. The SMILES string of the molecule is C.C.Cl.IC(I)I.II.NC(=O)[C@H](N)CCC(F)(F)F.N[C@H](CCC(F)(F)F)C(=O)O.O=C(O)C(=O)CCC(F)(F)F.[CH2-]I.[V]. The summed E-state index contributed by atoms with van der Waals surface area (Å²) >= 11 is 13.1. The Morgan fingerprint density at radius 3 is 1.11 bits per heavy atom. The zero-order chi connectivity index (χ0) is 34.8. The van der Waals surface area contributed by atoms with Crippen LogP contribution in [0.25, 0.3) is 0 Å². The van der Waals surface area contributed by atoms with Gasteiger partial charge >= 0.3 is 30.5 Å². The number of hydrogen-bond donors (Lipinski definition) is 5. The standard InChI is InChI=1S/C5H9F3N2O.C5H8F3NO2.C5H5F3O3.CHI3.CH2I.2CH4.ClH.I2.V/c3*6-5(7,8)2-1-3(9)4(10)11;2-1(3)4;1-2;;;;1-2;/h3H,1-2,9H2,(H2,10,11);3H,1-2,9H2,(H,10,11);1-2H2,(H,10,11);1H;1H2;2*1H4;1H;;/q;;;;-1;;;;;/t2*3-;;;;;;;;/m11......../s1. The molecule has 2 atom stereocenters. The van der Waals surface area contributed by atoms with Crippen molar-refractivity contribution >= 4 is 164 Å². The molecule has 0 aromatic heterocycles. The summed E-state index contributed by atoms with van der Waals surface area (Å²) in [5, 5.41) is 15.9. The van der Waals surface area contributed by atoms with E-state index in [1.54, 1.807) is 0 Å². The Morgan fingerprint density at radius 1 is 0.689 bits per heavy atom. The number of carbonyl (C=O) groups is 4. The van der Waals surface area contributed by atoms with Gasteiger partial charge in [-0.25, -0.2) is 4.79 Å². The molecule has 0 unspecified atom stereocenters. The molecular weight excluding hydrogens is 1390 g/mol. The van der Waals surface area contributed by atoms with Gasteiger partial charge in [0.15, 0.2) is 0 Å². The number of ketones is 1. The molecule has 279 valence electrons. The van der Waals surface area contributed by atoms with E-state index in [4.69, 9.17) is 21.7 Å². The molecule has 1 amide bonds. The number of carboxylic acid groups (broad SMARTS) is 2. The van der Waals surface area contributed by atoms with Crippen LogP contribution in [0.3, 0.4) is 0 Å². The van der Waals surface area contributed by atoms with E-state index in [1.165, 1.54) is 0 Å². The van der Waals surface area contributed by atoms with Gasteiger partial charge in [-0.15, -0.1) is 12.4 Å². The van der Waals surface area contributed by atoms with Crippen LogP contribution in [0.2, 0.25) is 0 Å². The molecule has 0 aromatic carbocycles. The Morgan fingerprint density at radius 2 is 0.933 bits per heavy atom. The second-order valence-electron chi connectivity index (χ2n) is 6.35. The number of aliphatic carboxylic acids is 2. The fraction of sp³-hybridized carbons (Fsp3) is 0.737. The Labute approximate surface area is 352 Å².